The molecule has 0 spiro atoms. The number of ether oxygens (including phenoxy) is 2. The van der Waals surface area contributed by atoms with Gasteiger partial charge in [0.25, 0.3) is 0 Å². The summed E-state index contributed by atoms with van der Waals surface area (Å²) >= 11 is 3.20. The van der Waals surface area contributed by atoms with Gasteiger partial charge < -0.3 is 14.8 Å². The summed E-state index contributed by atoms with van der Waals surface area (Å²) in [5.74, 6) is 2.51. The van der Waals surface area contributed by atoms with Crippen LogP contribution >= 0.6 is 23.1 Å². The molecule has 3 rings (SSSR count). The maximum Gasteiger partial charge on any atom is 0.210 e. The molecule has 0 fully saturated rings. The lowest BCUT2D eigenvalue weighted by atomic mass is 10.1. The van der Waals surface area contributed by atoms with Crippen LogP contribution in [0.15, 0.2) is 46.8 Å². The third-order valence-electron chi connectivity index (χ3n) is 3.97. The third kappa shape index (κ3) is 5.61. The lowest BCUT2D eigenvalue weighted by Crippen LogP contribution is -2.00. The minimum atomic E-state index is 0.609. The molecular formula is C20H23N3O2S2. The molecule has 0 aliphatic rings. The van der Waals surface area contributed by atoms with Crippen molar-refractivity contribution in [3.05, 3.63) is 53.6 Å². The van der Waals surface area contributed by atoms with E-state index >= 15 is 0 Å². The van der Waals surface area contributed by atoms with E-state index in [1.54, 1.807) is 23.1 Å². The van der Waals surface area contributed by atoms with Crippen molar-refractivity contribution < 1.29 is 9.47 Å². The van der Waals surface area contributed by atoms with Crippen LogP contribution in [0.1, 0.15) is 18.1 Å². The van der Waals surface area contributed by atoms with Crippen LogP contribution < -0.4 is 14.8 Å². The Labute approximate surface area is 168 Å². The van der Waals surface area contributed by atoms with Crippen LogP contribution in [-0.4, -0.2) is 29.2 Å². The van der Waals surface area contributed by atoms with Crippen molar-refractivity contribution in [2.45, 2.75) is 25.1 Å². The van der Waals surface area contributed by atoms with Crippen molar-refractivity contribution in [2.75, 3.05) is 24.3 Å². The van der Waals surface area contributed by atoms with Crippen molar-refractivity contribution in [3.63, 3.8) is 0 Å². The summed E-state index contributed by atoms with van der Waals surface area (Å²) in [6.07, 6.45) is 0. The molecule has 0 amide bonds. The molecule has 0 aliphatic carbocycles. The van der Waals surface area contributed by atoms with Crippen molar-refractivity contribution in [1.82, 2.24) is 10.2 Å². The highest BCUT2D eigenvalue weighted by Gasteiger charge is 2.07. The number of thioether (sulfide) groups is 1. The summed E-state index contributed by atoms with van der Waals surface area (Å²) in [6.45, 7) is 7.45. The first-order valence-corrected chi connectivity index (χ1v) is 10.6. The Morgan fingerprint density at radius 1 is 1.00 bits per heavy atom. The highest BCUT2D eigenvalue weighted by atomic mass is 32.2. The average molecular weight is 402 g/mol. The third-order valence-corrected chi connectivity index (χ3v) is 5.90. The van der Waals surface area contributed by atoms with Crippen LogP contribution in [0.5, 0.6) is 11.5 Å². The van der Waals surface area contributed by atoms with Gasteiger partial charge in [0, 0.05) is 11.4 Å². The molecule has 5 nitrogen and oxygen atoms in total. The summed E-state index contributed by atoms with van der Waals surface area (Å²) in [7, 11) is 0. The fourth-order valence-electron chi connectivity index (χ4n) is 2.41. The Hall–Kier alpha value is -2.25. The standard InChI is InChI=1S/C20H23N3O2S2/c1-4-24-16-8-10-17(11-9-16)25-12-13-26-20-23-22-19(27-20)21-18-7-5-6-14(2)15(18)3/h5-11H,4,12-13H2,1-3H3,(H,21,22). The van der Waals surface area contributed by atoms with Crippen LogP contribution in [0.25, 0.3) is 0 Å². The van der Waals surface area contributed by atoms with Gasteiger partial charge in [0.15, 0.2) is 4.34 Å². The van der Waals surface area contributed by atoms with Gasteiger partial charge in [-0.1, -0.05) is 35.2 Å². The quantitative estimate of drug-likeness (QED) is 0.379. The fraction of sp³-hybridized carbons (Fsp3) is 0.300. The van der Waals surface area contributed by atoms with Crippen LogP contribution in [0.3, 0.4) is 0 Å². The van der Waals surface area contributed by atoms with Crippen LogP contribution in [0.2, 0.25) is 0 Å². The summed E-state index contributed by atoms with van der Waals surface area (Å²) in [5, 5.41) is 12.6. The van der Waals surface area contributed by atoms with E-state index in [0.717, 1.165) is 32.4 Å². The molecule has 0 saturated heterocycles. The zero-order valence-electron chi connectivity index (χ0n) is 15.7. The number of aromatic nitrogens is 2. The number of hydrogen-bond donors (Lipinski definition) is 1. The van der Waals surface area contributed by atoms with Gasteiger partial charge in [-0.3, -0.25) is 0 Å². The molecule has 27 heavy (non-hydrogen) atoms. The minimum Gasteiger partial charge on any atom is -0.494 e. The molecule has 0 bridgehead atoms. The Bertz CT molecular complexity index is 866. The van der Waals surface area contributed by atoms with Crippen LogP contribution in [0.4, 0.5) is 10.8 Å². The molecule has 1 heterocycles. The smallest absolute Gasteiger partial charge is 0.210 e. The molecule has 0 atom stereocenters. The van der Waals surface area contributed by atoms with Crippen LogP contribution in [-0.2, 0) is 0 Å². The predicted octanol–water partition coefficient (Wildman–Crippen LogP) is 5.47. The van der Waals surface area contributed by atoms with Crippen molar-refractivity contribution in [2.24, 2.45) is 0 Å². The Kier molecular flexibility index (Phi) is 6.95. The SMILES string of the molecule is CCOc1ccc(OCCSc2nnc(Nc3cccc(C)c3C)s2)cc1. The van der Waals surface area contributed by atoms with E-state index in [1.807, 2.05) is 37.3 Å². The fourth-order valence-corrected chi connectivity index (χ4v) is 4.06. The van der Waals surface area contributed by atoms with E-state index in [2.05, 4.69) is 41.5 Å². The zero-order chi connectivity index (χ0) is 19.1. The van der Waals surface area contributed by atoms with Gasteiger partial charge >= 0.3 is 0 Å². The van der Waals surface area contributed by atoms with Gasteiger partial charge in [0.2, 0.25) is 5.13 Å². The first kappa shape index (κ1) is 19.5. The van der Waals surface area contributed by atoms with Crippen molar-refractivity contribution in [3.8, 4) is 11.5 Å². The molecule has 3 aromatic rings. The normalized spacial score (nSPS) is 10.6. The molecular weight excluding hydrogens is 378 g/mol. The average Bonchev–Trinajstić information content (AvgIpc) is 3.11. The van der Waals surface area contributed by atoms with Gasteiger partial charge in [-0.2, -0.15) is 0 Å². The number of nitrogens with one attached hydrogen (secondary N) is 1. The lowest BCUT2D eigenvalue weighted by molar-refractivity contribution is 0.332. The van der Waals surface area contributed by atoms with E-state index in [9.17, 15) is 0 Å². The number of benzene rings is 2. The second kappa shape index (κ2) is 9.62. The van der Waals surface area contributed by atoms with Gasteiger partial charge in [-0.15, -0.1) is 10.2 Å². The number of aryl methyl sites for hydroxylation is 1. The number of nitrogens with zero attached hydrogens (tertiary/aromatic N) is 2. The molecule has 0 unspecified atom stereocenters. The summed E-state index contributed by atoms with van der Waals surface area (Å²) in [4.78, 5) is 0. The Morgan fingerprint density at radius 2 is 1.74 bits per heavy atom. The monoisotopic (exact) mass is 401 g/mol. The lowest BCUT2D eigenvalue weighted by Gasteiger charge is -2.08. The van der Waals surface area contributed by atoms with E-state index in [4.69, 9.17) is 9.47 Å². The van der Waals surface area contributed by atoms with E-state index in [0.29, 0.717) is 13.2 Å². The van der Waals surface area contributed by atoms with Crippen molar-refractivity contribution >= 4 is 33.9 Å². The largest absolute Gasteiger partial charge is 0.494 e. The molecule has 0 aliphatic heterocycles. The zero-order valence-corrected chi connectivity index (χ0v) is 17.3. The van der Waals surface area contributed by atoms with E-state index in [-0.39, 0.29) is 0 Å². The maximum absolute atomic E-state index is 5.76. The van der Waals surface area contributed by atoms with Crippen molar-refractivity contribution in [1.29, 1.82) is 0 Å². The summed E-state index contributed by atoms with van der Waals surface area (Å²) in [6, 6.07) is 13.9. The highest BCUT2D eigenvalue weighted by molar-refractivity contribution is 8.01. The first-order valence-electron chi connectivity index (χ1n) is 8.81. The number of hydrogen-bond acceptors (Lipinski definition) is 7. The predicted molar refractivity (Wildman–Crippen MR) is 113 cm³/mol. The number of anilines is 2. The second-order valence-electron chi connectivity index (χ2n) is 5.85. The van der Waals surface area contributed by atoms with E-state index < -0.39 is 0 Å². The van der Waals surface area contributed by atoms with Crippen LogP contribution in [0, 0.1) is 13.8 Å². The van der Waals surface area contributed by atoms with Gasteiger partial charge in [0.1, 0.15) is 11.5 Å². The Balaban J connectivity index is 1.45. The molecule has 1 aromatic heterocycles. The maximum atomic E-state index is 5.76. The van der Waals surface area contributed by atoms with Gasteiger partial charge in [0.05, 0.1) is 13.2 Å². The Morgan fingerprint density at radius 3 is 2.48 bits per heavy atom. The topological polar surface area (TPSA) is 56.3 Å². The molecule has 7 heteroatoms. The number of rotatable bonds is 9. The molecule has 142 valence electrons. The molecule has 0 saturated carbocycles. The van der Waals surface area contributed by atoms with Gasteiger partial charge in [-0.25, -0.2) is 0 Å². The highest BCUT2D eigenvalue weighted by Crippen LogP contribution is 2.29. The summed E-state index contributed by atoms with van der Waals surface area (Å²) < 4.78 is 12.1. The second-order valence-corrected chi connectivity index (χ2v) is 8.17. The molecule has 1 N–H and O–H groups in total. The molecule has 2 aromatic carbocycles. The first-order chi connectivity index (χ1) is 13.2. The van der Waals surface area contributed by atoms with Gasteiger partial charge in [-0.05, 0) is 62.2 Å². The molecule has 0 radical (unpaired) electrons. The summed E-state index contributed by atoms with van der Waals surface area (Å²) in [5.41, 5.74) is 3.55. The minimum absolute atomic E-state index is 0.609. The van der Waals surface area contributed by atoms with E-state index in [1.165, 1.54) is 11.1 Å².